The molecule has 0 saturated carbocycles. The van der Waals surface area contributed by atoms with Crippen molar-refractivity contribution in [3.05, 3.63) is 12.2 Å². The molecule has 0 radical (unpaired) electrons. The van der Waals surface area contributed by atoms with E-state index in [4.69, 9.17) is 10.8 Å². The maximum Gasteiger partial charge on any atom is 0.320 e. The highest BCUT2D eigenvalue weighted by Crippen LogP contribution is 1.95. The van der Waals surface area contributed by atoms with E-state index in [-0.39, 0.29) is 0 Å². The Kier molecular flexibility index (Phi) is 4.58. The number of aliphatic carboxylic acids is 1. The van der Waals surface area contributed by atoms with Crippen LogP contribution in [0.1, 0.15) is 19.8 Å². The van der Waals surface area contributed by atoms with E-state index in [1.165, 1.54) is 0 Å². The molecule has 0 spiro atoms. The second-order valence-electron chi connectivity index (χ2n) is 2.09. The lowest BCUT2D eigenvalue weighted by atomic mass is 10.2. The molecule has 0 fully saturated rings. The van der Waals surface area contributed by atoms with E-state index >= 15 is 0 Å². The lowest BCUT2D eigenvalue weighted by molar-refractivity contribution is -0.138. The molecule has 0 amide bonds. The molecule has 0 aromatic heterocycles. The van der Waals surface area contributed by atoms with Gasteiger partial charge in [-0.2, -0.15) is 0 Å². The third-order valence-electron chi connectivity index (χ3n) is 1.20. The summed E-state index contributed by atoms with van der Waals surface area (Å²) in [7, 11) is 0. The standard InChI is InChI=1S/C7H13NO2/c1-2-3-4-5-6(8)7(9)10/h2-3,6H,4-5,8H2,1H3,(H,9,10)/b3-2+. The highest BCUT2D eigenvalue weighted by atomic mass is 16.4. The van der Waals surface area contributed by atoms with Gasteiger partial charge < -0.3 is 10.8 Å². The van der Waals surface area contributed by atoms with Crippen LogP contribution < -0.4 is 5.73 Å². The predicted octanol–water partition coefficient (Wildman–Crippen LogP) is 0.755. The van der Waals surface area contributed by atoms with Gasteiger partial charge in [-0.15, -0.1) is 0 Å². The Bertz CT molecular complexity index is 132. The molecule has 1 unspecified atom stereocenters. The third kappa shape index (κ3) is 4.09. The van der Waals surface area contributed by atoms with Gasteiger partial charge in [0.2, 0.25) is 0 Å². The van der Waals surface area contributed by atoms with E-state index < -0.39 is 12.0 Å². The van der Waals surface area contributed by atoms with Crippen molar-refractivity contribution in [2.75, 3.05) is 0 Å². The Labute approximate surface area is 60.5 Å². The van der Waals surface area contributed by atoms with Crippen molar-refractivity contribution >= 4 is 5.97 Å². The summed E-state index contributed by atoms with van der Waals surface area (Å²) in [6.07, 6.45) is 5.04. The van der Waals surface area contributed by atoms with E-state index in [2.05, 4.69) is 0 Å². The average Bonchev–Trinajstić information content (AvgIpc) is 1.88. The minimum atomic E-state index is -0.926. The topological polar surface area (TPSA) is 63.3 Å². The minimum Gasteiger partial charge on any atom is -0.480 e. The van der Waals surface area contributed by atoms with Crippen LogP contribution in [-0.4, -0.2) is 17.1 Å². The molecule has 0 saturated heterocycles. The van der Waals surface area contributed by atoms with Gasteiger partial charge >= 0.3 is 5.97 Å². The zero-order valence-electron chi connectivity index (χ0n) is 6.08. The molecule has 58 valence electrons. The van der Waals surface area contributed by atoms with Gasteiger partial charge in [0, 0.05) is 0 Å². The molecule has 1 atom stereocenters. The van der Waals surface area contributed by atoms with Crippen molar-refractivity contribution in [3.8, 4) is 0 Å². The third-order valence-corrected chi connectivity index (χ3v) is 1.20. The van der Waals surface area contributed by atoms with Gasteiger partial charge in [0.05, 0.1) is 0 Å². The van der Waals surface area contributed by atoms with Gasteiger partial charge in [-0.25, -0.2) is 0 Å². The number of hydrogen-bond acceptors (Lipinski definition) is 2. The van der Waals surface area contributed by atoms with Crippen molar-refractivity contribution in [1.29, 1.82) is 0 Å². The van der Waals surface area contributed by atoms with E-state index in [1.54, 1.807) is 0 Å². The lowest BCUT2D eigenvalue weighted by Crippen LogP contribution is -2.29. The highest BCUT2D eigenvalue weighted by molar-refractivity contribution is 5.72. The Balaban J connectivity index is 3.39. The summed E-state index contributed by atoms with van der Waals surface area (Å²) in [4.78, 5) is 10.1. The molecule has 0 aliphatic rings. The number of allylic oxidation sites excluding steroid dienone is 2. The Morgan fingerprint density at radius 3 is 2.80 bits per heavy atom. The Hall–Kier alpha value is -0.830. The van der Waals surface area contributed by atoms with Crippen molar-refractivity contribution < 1.29 is 9.90 Å². The molecule has 3 N–H and O–H groups in total. The zero-order chi connectivity index (χ0) is 7.98. The zero-order valence-corrected chi connectivity index (χ0v) is 6.08. The summed E-state index contributed by atoms with van der Waals surface area (Å²) in [5, 5.41) is 8.33. The minimum absolute atomic E-state index is 0.514. The van der Waals surface area contributed by atoms with E-state index in [0.717, 1.165) is 6.42 Å². The van der Waals surface area contributed by atoms with Crippen LogP contribution in [0.2, 0.25) is 0 Å². The van der Waals surface area contributed by atoms with E-state index in [9.17, 15) is 4.79 Å². The van der Waals surface area contributed by atoms with Gasteiger partial charge in [0.25, 0.3) is 0 Å². The highest BCUT2D eigenvalue weighted by Gasteiger charge is 2.08. The van der Waals surface area contributed by atoms with Crippen LogP contribution in [0.15, 0.2) is 12.2 Å². The van der Waals surface area contributed by atoms with Crippen LogP contribution in [0.3, 0.4) is 0 Å². The molecule has 0 aliphatic carbocycles. The average molecular weight is 143 g/mol. The fourth-order valence-corrected chi connectivity index (χ4v) is 0.566. The maximum atomic E-state index is 10.1. The Morgan fingerprint density at radius 1 is 1.80 bits per heavy atom. The van der Waals surface area contributed by atoms with Crippen LogP contribution in [0, 0.1) is 0 Å². The van der Waals surface area contributed by atoms with Gasteiger partial charge in [-0.05, 0) is 19.8 Å². The molecule has 0 rings (SSSR count). The van der Waals surface area contributed by atoms with Gasteiger partial charge in [0.1, 0.15) is 6.04 Å². The summed E-state index contributed by atoms with van der Waals surface area (Å²) >= 11 is 0. The summed E-state index contributed by atoms with van der Waals surface area (Å²) in [6, 6.07) is -0.712. The van der Waals surface area contributed by atoms with Crippen molar-refractivity contribution in [3.63, 3.8) is 0 Å². The first-order valence-electron chi connectivity index (χ1n) is 3.28. The predicted molar refractivity (Wildman–Crippen MR) is 39.7 cm³/mol. The molecule has 0 aromatic rings. The molecular weight excluding hydrogens is 130 g/mol. The fraction of sp³-hybridized carbons (Fsp3) is 0.571. The number of hydrogen-bond donors (Lipinski definition) is 2. The lowest BCUT2D eigenvalue weighted by Gasteiger charge is -2.01. The first kappa shape index (κ1) is 9.17. The first-order chi connectivity index (χ1) is 4.68. The van der Waals surface area contributed by atoms with Crippen LogP contribution in [0.25, 0.3) is 0 Å². The van der Waals surface area contributed by atoms with Crippen molar-refractivity contribution in [1.82, 2.24) is 0 Å². The first-order valence-corrected chi connectivity index (χ1v) is 3.28. The Morgan fingerprint density at radius 2 is 2.40 bits per heavy atom. The van der Waals surface area contributed by atoms with Crippen molar-refractivity contribution in [2.45, 2.75) is 25.8 Å². The number of carboxylic acid groups (broad SMARTS) is 1. The second kappa shape index (κ2) is 4.99. The largest absolute Gasteiger partial charge is 0.480 e. The summed E-state index contributed by atoms with van der Waals surface area (Å²) in [5.74, 6) is -0.926. The summed E-state index contributed by atoms with van der Waals surface area (Å²) < 4.78 is 0. The smallest absolute Gasteiger partial charge is 0.320 e. The molecule has 0 heterocycles. The molecule has 0 aliphatic heterocycles. The van der Waals surface area contributed by atoms with Gasteiger partial charge in [-0.1, -0.05) is 12.2 Å². The SMILES string of the molecule is C/C=C/CCC(N)C(=O)O. The molecule has 3 heteroatoms. The van der Waals surface area contributed by atoms with Gasteiger partial charge in [0.15, 0.2) is 0 Å². The van der Waals surface area contributed by atoms with Crippen molar-refractivity contribution in [2.24, 2.45) is 5.73 Å². The quantitative estimate of drug-likeness (QED) is 0.571. The summed E-state index contributed by atoms with van der Waals surface area (Å²) in [6.45, 7) is 1.90. The molecular formula is C7H13NO2. The maximum absolute atomic E-state index is 10.1. The molecule has 3 nitrogen and oxygen atoms in total. The van der Waals surface area contributed by atoms with Crippen LogP contribution in [0.5, 0.6) is 0 Å². The number of rotatable bonds is 4. The van der Waals surface area contributed by atoms with Crippen LogP contribution in [-0.2, 0) is 4.79 Å². The molecule has 0 bridgehead atoms. The normalized spacial score (nSPS) is 13.8. The molecule has 10 heavy (non-hydrogen) atoms. The van der Waals surface area contributed by atoms with Gasteiger partial charge in [-0.3, -0.25) is 4.79 Å². The molecule has 0 aromatic carbocycles. The second-order valence-corrected chi connectivity index (χ2v) is 2.09. The summed E-state index contributed by atoms with van der Waals surface area (Å²) in [5.41, 5.74) is 5.22. The number of carbonyl (C=O) groups is 1. The fourth-order valence-electron chi connectivity index (χ4n) is 0.566. The number of carboxylic acids is 1. The van der Waals surface area contributed by atoms with Crippen LogP contribution >= 0.6 is 0 Å². The monoisotopic (exact) mass is 143 g/mol. The van der Waals surface area contributed by atoms with E-state index in [1.807, 2.05) is 19.1 Å². The van der Waals surface area contributed by atoms with E-state index in [0.29, 0.717) is 6.42 Å². The number of nitrogens with two attached hydrogens (primary N) is 1. The van der Waals surface area contributed by atoms with Crippen LogP contribution in [0.4, 0.5) is 0 Å².